The van der Waals surface area contributed by atoms with Crippen LogP contribution in [-0.2, 0) is 30.3 Å². The second-order valence-electron chi connectivity index (χ2n) is 6.84. The molecule has 26 heavy (non-hydrogen) atoms. The van der Waals surface area contributed by atoms with Crippen LogP contribution in [0.15, 0.2) is 30.3 Å². The highest BCUT2D eigenvalue weighted by Crippen LogP contribution is 2.37. The molecule has 2 rings (SSSR count). The maximum atomic E-state index is 12.3. The van der Waals surface area contributed by atoms with Crippen molar-refractivity contribution in [1.29, 1.82) is 0 Å². The van der Waals surface area contributed by atoms with Crippen LogP contribution >= 0.6 is 0 Å². The monoisotopic (exact) mass is 364 g/mol. The minimum atomic E-state index is -0.688. The normalized spacial score (nSPS) is 19.8. The van der Waals surface area contributed by atoms with Crippen LogP contribution in [0.2, 0.25) is 0 Å². The highest BCUT2D eigenvalue weighted by molar-refractivity contribution is 5.80. The maximum absolute atomic E-state index is 12.3. The summed E-state index contributed by atoms with van der Waals surface area (Å²) in [6, 6.07) is 9.95. The molecule has 1 aromatic carbocycles. The molecular formula is C21H32O5. The summed E-state index contributed by atoms with van der Waals surface area (Å²) >= 11 is 0. The third-order valence-corrected chi connectivity index (χ3v) is 5.26. The molecule has 5 nitrogen and oxygen atoms in total. The van der Waals surface area contributed by atoms with Crippen LogP contribution in [0.3, 0.4) is 0 Å². The van der Waals surface area contributed by atoms with Crippen molar-refractivity contribution >= 4 is 5.78 Å². The number of ether oxygens (including phenoxy) is 4. The number of hydrogen-bond acceptors (Lipinski definition) is 5. The minimum Gasteiger partial charge on any atom is -0.351 e. The van der Waals surface area contributed by atoms with E-state index in [0.29, 0.717) is 32.7 Å². The van der Waals surface area contributed by atoms with E-state index >= 15 is 0 Å². The van der Waals surface area contributed by atoms with Crippen molar-refractivity contribution in [1.82, 2.24) is 0 Å². The Morgan fingerprint density at radius 3 is 2.38 bits per heavy atom. The summed E-state index contributed by atoms with van der Waals surface area (Å²) < 4.78 is 23.6. The van der Waals surface area contributed by atoms with E-state index in [9.17, 15) is 4.79 Å². The zero-order chi connectivity index (χ0) is 19.0. The molecule has 0 aromatic heterocycles. The number of hydrogen-bond donors (Lipinski definition) is 0. The molecule has 0 unspecified atom stereocenters. The highest BCUT2D eigenvalue weighted by Gasteiger charge is 2.46. The van der Waals surface area contributed by atoms with Gasteiger partial charge in [0.2, 0.25) is 0 Å². The molecule has 0 N–H and O–H groups in total. The summed E-state index contributed by atoms with van der Waals surface area (Å²) in [4.78, 5) is 12.3. The van der Waals surface area contributed by atoms with E-state index in [1.54, 1.807) is 0 Å². The fourth-order valence-corrected chi connectivity index (χ4v) is 3.60. The molecule has 5 heteroatoms. The van der Waals surface area contributed by atoms with E-state index < -0.39 is 5.79 Å². The number of carbonyl (C=O) groups excluding carboxylic acids is 1. The van der Waals surface area contributed by atoms with Gasteiger partial charge in [-0.05, 0) is 12.0 Å². The molecule has 1 fully saturated rings. The van der Waals surface area contributed by atoms with Crippen molar-refractivity contribution in [2.24, 2.45) is 11.8 Å². The van der Waals surface area contributed by atoms with Crippen molar-refractivity contribution in [3.63, 3.8) is 0 Å². The topological polar surface area (TPSA) is 54.0 Å². The number of ketones is 1. The molecule has 0 radical (unpaired) electrons. The van der Waals surface area contributed by atoms with Crippen molar-refractivity contribution in [2.45, 2.75) is 59.0 Å². The van der Waals surface area contributed by atoms with Crippen molar-refractivity contribution < 1.29 is 23.7 Å². The summed E-state index contributed by atoms with van der Waals surface area (Å²) in [5.41, 5.74) is 1.09. The van der Waals surface area contributed by atoms with Gasteiger partial charge >= 0.3 is 0 Å². The number of benzene rings is 1. The average Bonchev–Trinajstić information content (AvgIpc) is 3.17. The molecule has 1 saturated heterocycles. The van der Waals surface area contributed by atoms with Gasteiger partial charge < -0.3 is 18.9 Å². The molecule has 1 aromatic rings. The van der Waals surface area contributed by atoms with Crippen LogP contribution < -0.4 is 0 Å². The Labute approximate surface area is 157 Å². The predicted octanol–water partition coefficient (Wildman–Crippen LogP) is 3.95. The van der Waals surface area contributed by atoms with E-state index in [2.05, 4.69) is 0 Å². The molecule has 1 heterocycles. The lowest BCUT2D eigenvalue weighted by Crippen LogP contribution is -2.48. The lowest BCUT2D eigenvalue weighted by Gasteiger charge is -2.39. The van der Waals surface area contributed by atoms with Crippen LogP contribution in [0.25, 0.3) is 0 Å². The largest absolute Gasteiger partial charge is 0.351 e. The maximum Gasteiger partial charge on any atom is 0.173 e. The van der Waals surface area contributed by atoms with Crippen LogP contribution in [0.1, 0.15) is 46.1 Å². The molecular weight excluding hydrogens is 332 g/mol. The van der Waals surface area contributed by atoms with E-state index in [1.165, 1.54) is 0 Å². The minimum absolute atomic E-state index is 0.0826. The molecule has 1 aliphatic rings. The van der Waals surface area contributed by atoms with Gasteiger partial charge in [0.1, 0.15) is 12.6 Å². The Kier molecular flexibility index (Phi) is 8.22. The van der Waals surface area contributed by atoms with Gasteiger partial charge in [-0.3, -0.25) is 4.79 Å². The standard InChI is InChI=1S/C21H32O5/c1-5-19(22)16(3)20(17(4)21(6-2)25-12-13-26-21)24-15-23-14-18-10-8-7-9-11-18/h7-11,16-17,20H,5-6,12-15H2,1-4H3/t16-,17-,20-/m0/s1. The van der Waals surface area contributed by atoms with Gasteiger partial charge in [0.25, 0.3) is 0 Å². The van der Waals surface area contributed by atoms with E-state index in [-0.39, 0.29) is 30.5 Å². The molecule has 0 saturated carbocycles. The predicted molar refractivity (Wildman–Crippen MR) is 99.5 cm³/mol. The van der Waals surface area contributed by atoms with Gasteiger partial charge in [-0.25, -0.2) is 0 Å². The van der Waals surface area contributed by atoms with Gasteiger partial charge in [0, 0.05) is 18.3 Å². The lowest BCUT2D eigenvalue weighted by atomic mass is 9.83. The molecule has 0 amide bonds. The van der Waals surface area contributed by atoms with Crippen molar-refractivity contribution in [3.8, 4) is 0 Å². The van der Waals surface area contributed by atoms with Gasteiger partial charge in [0.05, 0.1) is 25.9 Å². The van der Waals surface area contributed by atoms with E-state index in [0.717, 1.165) is 5.56 Å². The molecule has 1 aliphatic heterocycles. The Bertz CT molecular complexity index is 539. The first-order valence-corrected chi connectivity index (χ1v) is 9.58. The summed E-state index contributed by atoms with van der Waals surface area (Å²) in [5.74, 6) is -0.839. The quantitative estimate of drug-likeness (QED) is 0.440. The number of Topliss-reactive ketones (excluding diaryl/α,β-unsaturated/α-hetero) is 1. The fourth-order valence-electron chi connectivity index (χ4n) is 3.60. The van der Waals surface area contributed by atoms with Crippen molar-refractivity contribution in [3.05, 3.63) is 35.9 Å². The van der Waals surface area contributed by atoms with Gasteiger partial charge in [-0.1, -0.05) is 58.0 Å². The van der Waals surface area contributed by atoms with Gasteiger partial charge in [0.15, 0.2) is 5.79 Å². The first-order valence-electron chi connectivity index (χ1n) is 9.58. The van der Waals surface area contributed by atoms with Crippen molar-refractivity contribution in [2.75, 3.05) is 20.0 Å². The highest BCUT2D eigenvalue weighted by atomic mass is 16.7. The third kappa shape index (κ3) is 5.13. The summed E-state index contributed by atoms with van der Waals surface area (Å²) in [5, 5.41) is 0. The summed E-state index contributed by atoms with van der Waals surface area (Å²) in [6.07, 6.45) is 0.877. The molecule has 146 valence electrons. The Morgan fingerprint density at radius 1 is 1.15 bits per heavy atom. The number of rotatable bonds is 11. The zero-order valence-electron chi connectivity index (χ0n) is 16.4. The van der Waals surface area contributed by atoms with E-state index in [1.807, 2.05) is 58.0 Å². The number of carbonyl (C=O) groups is 1. The van der Waals surface area contributed by atoms with Crippen LogP contribution in [0, 0.1) is 11.8 Å². The van der Waals surface area contributed by atoms with Gasteiger partial charge in [-0.15, -0.1) is 0 Å². The molecule has 3 atom stereocenters. The Hall–Kier alpha value is -1.27. The average molecular weight is 364 g/mol. The molecule has 0 spiro atoms. The fraction of sp³-hybridized carbons (Fsp3) is 0.667. The lowest BCUT2D eigenvalue weighted by molar-refractivity contribution is -0.236. The zero-order valence-corrected chi connectivity index (χ0v) is 16.4. The Morgan fingerprint density at radius 2 is 1.81 bits per heavy atom. The molecule has 0 aliphatic carbocycles. The first-order chi connectivity index (χ1) is 12.5. The molecule has 0 bridgehead atoms. The van der Waals surface area contributed by atoms with Crippen LogP contribution in [-0.4, -0.2) is 37.7 Å². The smallest absolute Gasteiger partial charge is 0.173 e. The van der Waals surface area contributed by atoms with E-state index in [4.69, 9.17) is 18.9 Å². The summed E-state index contributed by atoms with van der Waals surface area (Å²) in [7, 11) is 0. The SMILES string of the molecule is CCC(=O)[C@H](C)[C@H](OCOCc1ccccc1)[C@H](C)C1(CC)OCCO1. The summed E-state index contributed by atoms with van der Waals surface area (Å²) in [6.45, 7) is 9.63. The van der Waals surface area contributed by atoms with Gasteiger partial charge in [-0.2, -0.15) is 0 Å². The second kappa shape index (κ2) is 10.2. The third-order valence-electron chi connectivity index (χ3n) is 5.26. The van der Waals surface area contributed by atoms with Crippen LogP contribution in [0.5, 0.6) is 0 Å². The first kappa shape index (κ1) is 21.0. The van der Waals surface area contributed by atoms with Crippen LogP contribution in [0.4, 0.5) is 0 Å². The second-order valence-corrected chi connectivity index (χ2v) is 6.84. The Balaban J connectivity index is 2.00.